The number of hydrogen-bond acceptors (Lipinski definition) is 4. The molecule has 6 heteroatoms. The highest BCUT2D eigenvalue weighted by molar-refractivity contribution is 7.84. The largest absolute Gasteiger partial charge is 0.354 e. The summed E-state index contributed by atoms with van der Waals surface area (Å²) in [6, 6.07) is 4.16. The first-order valence-electron chi connectivity index (χ1n) is 8.87. The minimum atomic E-state index is -1.11. The number of aromatic nitrogens is 1. The van der Waals surface area contributed by atoms with Crippen molar-refractivity contribution in [3.05, 3.63) is 23.9 Å². The molecule has 2 N–H and O–H groups in total. The molecule has 1 aromatic rings. The van der Waals surface area contributed by atoms with Gasteiger partial charge in [-0.1, -0.05) is 19.9 Å². The molecule has 2 unspecified atom stereocenters. The van der Waals surface area contributed by atoms with E-state index in [1.807, 2.05) is 33.0 Å². The molecule has 0 aliphatic carbocycles. The monoisotopic (exact) mass is 352 g/mol. The lowest BCUT2D eigenvalue weighted by Gasteiger charge is -2.33. The Morgan fingerprint density at radius 1 is 1.33 bits per heavy atom. The molecule has 1 aliphatic rings. The Morgan fingerprint density at radius 2 is 2.00 bits per heavy atom. The van der Waals surface area contributed by atoms with Crippen LogP contribution in [0.2, 0.25) is 0 Å². The van der Waals surface area contributed by atoms with E-state index in [0.717, 1.165) is 44.0 Å². The first kappa shape index (κ1) is 19.3. The number of pyridine rings is 1. The molecule has 0 spiro atoms. The van der Waals surface area contributed by atoms with Crippen LogP contribution in [0.15, 0.2) is 18.3 Å². The van der Waals surface area contributed by atoms with Crippen molar-refractivity contribution >= 4 is 16.8 Å². The molecule has 0 bridgehead atoms. The Morgan fingerprint density at radius 3 is 2.58 bits per heavy atom. The molecular formula is C18H32N4OS. The fraction of sp³-hybridized carbons (Fsp3) is 0.722. The summed E-state index contributed by atoms with van der Waals surface area (Å²) in [5.74, 6) is 1.54. The molecule has 24 heavy (non-hydrogen) atoms. The summed E-state index contributed by atoms with van der Waals surface area (Å²) in [6.07, 6.45) is 2.79. The van der Waals surface area contributed by atoms with Gasteiger partial charge < -0.3 is 10.2 Å². The lowest BCUT2D eigenvalue weighted by Crippen LogP contribution is -2.45. The van der Waals surface area contributed by atoms with Crippen LogP contribution in [-0.4, -0.2) is 40.1 Å². The second-order valence-corrected chi connectivity index (χ2v) is 9.83. The quantitative estimate of drug-likeness (QED) is 0.826. The molecule has 5 nitrogen and oxygen atoms in total. The normalized spacial score (nSPS) is 18.7. The Balaban J connectivity index is 2.30. The van der Waals surface area contributed by atoms with Crippen molar-refractivity contribution in [2.45, 2.75) is 51.8 Å². The average molecular weight is 353 g/mol. The van der Waals surface area contributed by atoms with Crippen LogP contribution in [0.4, 0.5) is 5.82 Å². The van der Waals surface area contributed by atoms with E-state index in [1.165, 1.54) is 0 Å². The summed E-state index contributed by atoms with van der Waals surface area (Å²) in [4.78, 5) is 6.99. The lowest BCUT2D eigenvalue weighted by atomic mass is 9.98. The van der Waals surface area contributed by atoms with Gasteiger partial charge in [0.2, 0.25) is 0 Å². The number of rotatable bonds is 6. The van der Waals surface area contributed by atoms with Gasteiger partial charge in [0.15, 0.2) is 0 Å². The van der Waals surface area contributed by atoms with E-state index in [9.17, 15) is 4.21 Å². The van der Waals surface area contributed by atoms with E-state index >= 15 is 0 Å². The first-order chi connectivity index (χ1) is 11.3. The van der Waals surface area contributed by atoms with E-state index in [-0.39, 0.29) is 10.8 Å². The van der Waals surface area contributed by atoms with Crippen molar-refractivity contribution in [1.82, 2.24) is 15.0 Å². The van der Waals surface area contributed by atoms with Crippen LogP contribution >= 0.6 is 0 Å². The number of hydrogen-bond donors (Lipinski definition) is 2. The van der Waals surface area contributed by atoms with Gasteiger partial charge >= 0.3 is 0 Å². The molecule has 0 radical (unpaired) electrons. The predicted molar refractivity (Wildman–Crippen MR) is 103 cm³/mol. The number of anilines is 1. The summed E-state index contributed by atoms with van der Waals surface area (Å²) in [7, 11) is -1.11. The van der Waals surface area contributed by atoms with Crippen molar-refractivity contribution in [2.24, 2.45) is 5.92 Å². The van der Waals surface area contributed by atoms with Crippen LogP contribution in [0.3, 0.4) is 0 Å². The first-order valence-corrected chi connectivity index (χ1v) is 10.0. The summed E-state index contributed by atoms with van der Waals surface area (Å²) >= 11 is 0. The van der Waals surface area contributed by atoms with Gasteiger partial charge in [0, 0.05) is 44.0 Å². The van der Waals surface area contributed by atoms with Crippen molar-refractivity contribution in [3.63, 3.8) is 0 Å². The molecule has 2 atom stereocenters. The van der Waals surface area contributed by atoms with Crippen LogP contribution < -0.4 is 14.9 Å². The van der Waals surface area contributed by atoms with Gasteiger partial charge in [-0.05, 0) is 39.2 Å². The molecule has 136 valence electrons. The van der Waals surface area contributed by atoms with Crippen LogP contribution in [0, 0.1) is 5.92 Å². The molecule has 1 aliphatic heterocycles. The van der Waals surface area contributed by atoms with Crippen molar-refractivity contribution in [2.75, 3.05) is 31.1 Å². The van der Waals surface area contributed by atoms with Crippen LogP contribution in [0.5, 0.6) is 0 Å². The maximum atomic E-state index is 12.7. The van der Waals surface area contributed by atoms with E-state index in [2.05, 4.69) is 39.8 Å². The van der Waals surface area contributed by atoms with Crippen LogP contribution in [0.25, 0.3) is 0 Å². The Hall–Kier alpha value is -0.980. The van der Waals surface area contributed by atoms with Crippen LogP contribution in [-0.2, 0) is 11.0 Å². The minimum absolute atomic E-state index is 0.0450. The van der Waals surface area contributed by atoms with Gasteiger partial charge in [-0.2, -0.15) is 0 Å². The maximum absolute atomic E-state index is 12.7. The summed E-state index contributed by atoms with van der Waals surface area (Å²) in [5.41, 5.74) is 1.16. The smallest absolute Gasteiger partial charge is 0.133 e. The van der Waals surface area contributed by atoms with E-state index in [1.54, 1.807) is 0 Å². The Kier molecular flexibility index (Phi) is 6.78. The summed E-state index contributed by atoms with van der Waals surface area (Å²) < 4.78 is 15.8. The van der Waals surface area contributed by atoms with Gasteiger partial charge in [0.05, 0.1) is 15.7 Å². The highest BCUT2D eigenvalue weighted by atomic mass is 32.2. The highest BCUT2D eigenvalue weighted by Crippen LogP contribution is 2.30. The van der Waals surface area contributed by atoms with Gasteiger partial charge in [0.1, 0.15) is 5.82 Å². The van der Waals surface area contributed by atoms with E-state index in [4.69, 9.17) is 0 Å². The van der Waals surface area contributed by atoms with E-state index in [0.29, 0.717) is 5.92 Å². The van der Waals surface area contributed by atoms with Crippen molar-refractivity contribution in [1.29, 1.82) is 0 Å². The Labute approximate surface area is 149 Å². The third kappa shape index (κ3) is 5.26. The van der Waals surface area contributed by atoms with Crippen LogP contribution in [0.1, 0.15) is 52.6 Å². The molecule has 0 aromatic carbocycles. The molecule has 2 rings (SSSR count). The topological polar surface area (TPSA) is 57.3 Å². The maximum Gasteiger partial charge on any atom is 0.133 e. The average Bonchev–Trinajstić information content (AvgIpc) is 2.53. The molecular weight excluding hydrogens is 320 g/mol. The lowest BCUT2D eigenvalue weighted by molar-refractivity contribution is 0.477. The molecule has 1 saturated heterocycles. The minimum Gasteiger partial charge on any atom is -0.354 e. The second kappa shape index (κ2) is 8.41. The zero-order chi connectivity index (χ0) is 17.7. The standard InChI is InChI=1S/C18H32N4OS/c1-14(2)13-16(21-24(23)18(3,4)5)15-7-6-8-20-17(15)22-11-9-19-10-12-22/h6-8,14,16,19,21H,9-13H2,1-5H3. The Bertz CT molecular complexity index is 550. The molecule has 2 heterocycles. The number of piperazine rings is 1. The van der Waals surface area contributed by atoms with Crippen molar-refractivity contribution < 1.29 is 4.21 Å². The SMILES string of the molecule is CC(C)CC(NS(=O)C(C)(C)C)c1cccnc1N1CCNCC1. The summed E-state index contributed by atoms with van der Waals surface area (Å²) in [5, 5.41) is 3.38. The molecule has 0 saturated carbocycles. The second-order valence-electron chi connectivity index (χ2n) is 7.83. The molecule has 0 amide bonds. The molecule has 1 fully saturated rings. The third-order valence-corrected chi connectivity index (χ3v) is 5.73. The van der Waals surface area contributed by atoms with E-state index < -0.39 is 11.0 Å². The zero-order valence-electron chi connectivity index (χ0n) is 15.6. The zero-order valence-corrected chi connectivity index (χ0v) is 16.4. The summed E-state index contributed by atoms with van der Waals surface area (Å²) in [6.45, 7) is 14.3. The fourth-order valence-corrected chi connectivity index (χ4v) is 3.67. The number of nitrogens with zero attached hydrogens (tertiary/aromatic N) is 2. The van der Waals surface area contributed by atoms with Gasteiger partial charge in [0.25, 0.3) is 0 Å². The molecule has 1 aromatic heterocycles. The third-order valence-electron chi connectivity index (χ3n) is 4.12. The highest BCUT2D eigenvalue weighted by Gasteiger charge is 2.27. The van der Waals surface area contributed by atoms with Gasteiger partial charge in [-0.25, -0.2) is 13.9 Å². The van der Waals surface area contributed by atoms with Gasteiger partial charge in [-0.3, -0.25) is 0 Å². The number of nitrogens with one attached hydrogen (secondary N) is 2. The predicted octanol–water partition coefficient (Wildman–Crippen LogP) is 2.63. The van der Waals surface area contributed by atoms with Gasteiger partial charge in [-0.15, -0.1) is 0 Å². The fourth-order valence-electron chi connectivity index (χ4n) is 2.84. The van der Waals surface area contributed by atoms with Crippen molar-refractivity contribution in [3.8, 4) is 0 Å².